The van der Waals surface area contributed by atoms with Crippen LogP contribution in [-0.2, 0) is 12.3 Å². The van der Waals surface area contributed by atoms with Gasteiger partial charge in [-0.1, -0.05) is 0 Å². The van der Waals surface area contributed by atoms with Crippen molar-refractivity contribution in [3.63, 3.8) is 0 Å². The molecule has 0 heterocycles. The molecule has 7 heteroatoms. The number of hydrogen-bond acceptors (Lipinski definition) is 4. The average molecular weight is 478 g/mol. The molecule has 0 saturated carbocycles. The molecule has 0 unspecified atom stereocenters. The van der Waals surface area contributed by atoms with E-state index in [0.29, 0.717) is 26.4 Å². The topological polar surface area (TPSA) is 36.9 Å². The van der Waals surface area contributed by atoms with Crippen molar-refractivity contribution >= 4 is 67.8 Å². The third-order valence-electron chi connectivity index (χ3n) is 0.724. The first-order chi connectivity index (χ1) is 5.41. The quantitative estimate of drug-likeness (QED) is 0.306. The molecule has 0 aliphatic carbocycles. The molecule has 0 spiro atoms. The first kappa shape index (κ1) is 13.2. The Balaban J connectivity index is 2.69. The first-order valence-electron chi connectivity index (χ1n) is 3.03. The second-order valence-electron chi connectivity index (χ2n) is 1.52. The molecule has 11 heavy (non-hydrogen) atoms. The van der Waals surface area contributed by atoms with E-state index in [1.165, 1.54) is 0 Å². The summed E-state index contributed by atoms with van der Waals surface area (Å²) in [7, 11) is 0. The fourth-order valence-electron chi connectivity index (χ4n) is 0.305. The molecule has 4 nitrogen and oxygen atoms in total. The summed E-state index contributed by atoms with van der Waals surface area (Å²) < 4.78 is 20.3. The van der Waals surface area contributed by atoms with Crippen molar-refractivity contribution in [1.82, 2.24) is 0 Å². The summed E-state index contributed by atoms with van der Waals surface area (Å²) in [5, 5.41) is 0. The normalized spacial score (nSPS) is 10.4. The molecule has 0 aromatic carbocycles. The Labute approximate surface area is 105 Å². The molecular weight excluding hydrogens is 468 g/mol. The SMILES string of the molecule is [SnH][O]CC[O][Sn][O]CC[O][SnH]. The van der Waals surface area contributed by atoms with E-state index in [0.717, 1.165) is 45.9 Å². The Morgan fingerprint density at radius 3 is 1.64 bits per heavy atom. The maximum atomic E-state index is 5.22. The molecule has 6 radical (unpaired) electrons. The maximum absolute atomic E-state index is 5.22. The molecule has 0 N–H and O–H groups in total. The van der Waals surface area contributed by atoms with Crippen molar-refractivity contribution < 1.29 is 12.3 Å². The van der Waals surface area contributed by atoms with Gasteiger partial charge in [-0.25, -0.2) is 0 Å². The van der Waals surface area contributed by atoms with Gasteiger partial charge in [-0.05, 0) is 0 Å². The van der Waals surface area contributed by atoms with E-state index in [2.05, 4.69) is 0 Å². The van der Waals surface area contributed by atoms with Crippen LogP contribution in [0.4, 0.5) is 0 Å². The van der Waals surface area contributed by atoms with Crippen molar-refractivity contribution in [3.05, 3.63) is 0 Å². The van der Waals surface area contributed by atoms with Gasteiger partial charge in [0.2, 0.25) is 0 Å². The predicted octanol–water partition coefficient (Wildman–Crippen LogP) is -1.78. The molecule has 0 bridgehead atoms. The van der Waals surface area contributed by atoms with Crippen LogP contribution >= 0.6 is 0 Å². The Bertz CT molecular complexity index is 66.4. The van der Waals surface area contributed by atoms with Gasteiger partial charge < -0.3 is 0 Å². The van der Waals surface area contributed by atoms with Crippen molar-refractivity contribution in [2.24, 2.45) is 0 Å². The fraction of sp³-hybridized carbons (Fsp3) is 1.00. The average Bonchev–Trinajstić information content (AvgIpc) is 2.03. The van der Waals surface area contributed by atoms with E-state index in [-0.39, 0.29) is 0 Å². The van der Waals surface area contributed by atoms with Gasteiger partial charge in [-0.2, -0.15) is 0 Å². The molecule has 0 aliphatic heterocycles. The minimum absolute atomic E-state index is 0.689. The summed E-state index contributed by atoms with van der Waals surface area (Å²) in [6.07, 6.45) is 0. The van der Waals surface area contributed by atoms with Gasteiger partial charge in [0.05, 0.1) is 0 Å². The molecule has 0 fully saturated rings. The van der Waals surface area contributed by atoms with Crippen LogP contribution in [0, 0.1) is 0 Å². The van der Waals surface area contributed by atoms with Gasteiger partial charge >= 0.3 is 107 Å². The van der Waals surface area contributed by atoms with Gasteiger partial charge in [-0.15, -0.1) is 0 Å². The summed E-state index contributed by atoms with van der Waals surface area (Å²) in [5.74, 6) is 0. The zero-order valence-electron chi connectivity index (χ0n) is 6.12. The monoisotopic (exact) mass is 482 g/mol. The molecular formula is C4H10O4Sn3. The molecule has 0 aromatic rings. The zero-order chi connectivity index (χ0) is 8.36. The van der Waals surface area contributed by atoms with Crippen LogP contribution in [0.1, 0.15) is 0 Å². The van der Waals surface area contributed by atoms with Crippen LogP contribution in [0.5, 0.6) is 0 Å². The van der Waals surface area contributed by atoms with Crippen molar-refractivity contribution in [1.29, 1.82) is 0 Å². The van der Waals surface area contributed by atoms with E-state index in [1.807, 2.05) is 0 Å². The van der Waals surface area contributed by atoms with Crippen LogP contribution in [0.3, 0.4) is 0 Å². The Kier molecular flexibility index (Phi) is 14.7. The molecule has 0 aliphatic rings. The van der Waals surface area contributed by atoms with Crippen molar-refractivity contribution in [2.75, 3.05) is 26.4 Å². The van der Waals surface area contributed by atoms with Gasteiger partial charge in [0.1, 0.15) is 0 Å². The van der Waals surface area contributed by atoms with E-state index in [1.54, 1.807) is 0 Å². The van der Waals surface area contributed by atoms with Gasteiger partial charge in [0.25, 0.3) is 0 Å². The Morgan fingerprint density at radius 2 is 1.27 bits per heavy atom. The number of hydrogen-bond donors (Lipinski definition) is 0. The van der Waals surface area contributed by atoms with Crippen LogP contribution in [0.25, 0.3) is 0 Å². The minimum atomic E-state index is -1.01. The van der Waals surface area contributed by atoms with Crippen LogP contribution in [0.15, 0.2) is 0 Å². The van der Waals surface area contributed by atoms with Crippen LogP contribution < -0.4 is 0 Å². The summed E-state index contributed by atoms with van der Waals surface area (Å²) in [6.45, 7) is 2.80. The van der Waals surface area contributed by atoms with Crippen molar-refractivity contribution in [2.45, 2.75) is 0 Å². The molecule has 0 saturated heterocycles. The van der Waals surface area contributed by atoms with Crippen LogP contribution in [0.2, 0.25) is 0 Å². The Hall–Kier alpha value is 2.24. The second-order valence-corrected chi connectivity index (χ2v) is 5.55. The molecule has 0 amide bonds. The summed E-state index contributed by atoms with van der Waals surface area (Å²) in [6, 6.07) is 0. The van der Waals surface area contributed by atoms with E-state index in [9.17, 15) is 0 Å². The summed E-state index contributed by atoms with van der Waals surface area (Å²) >= 11 is 0.687. The van der Waals surface area contributed by atoms with Crippen molar-refractivity contribution in [3.8, 4) is 0 Å². The predicted molar refractivity (Wildman–Crippen MR) is 43.9 cm³/mol. The summed E-state index contributed by atoms with van der Waals surface area (Å²) in [5.41, 5.74) is 0. The van der Waals surface area contributed by atoms with E-state index < -0.39 is 22.0 Å². The molecule has 62 valence electrons. The molecule has 0 aromatic heterocycles. The number of rotatable bonds is 8. The van der Waals surface area contributed by atoms with E-state index >= 15 is 0 Å². The standard InChI is InChI=1S/2C2H4O2.3Sn.2H/c2*3-1-2-4;;;;;/h2*1-2H2;;;;;/q2*-2;2*+1;+2;;. The van der Waals surface area contributed by atoms with Gasteiger partial charge in [-0.3, -0.25) is 0 Å². The fourth-order valence-corrected chi connectivity index (χ4v) is 2.04. The third-order valence-corrected chi connectivity index (χ3v) is 3.91. The molecule has 0 rings (SSSR count). The third kappa shape index (κ3) is 12.2. The molecule has 0 atom stereocenters. The second kappa shape index (κ2) is 12.2. The zero-order valence-corrected chi connectivity index (χ0v) is 15.6. The van der Waals surface area contributed by atoms with Gasteiger partial charge in [0.15, 0.2) is 0 Å². The summed E-state index contributed by atoms with van der Waals surface area (Å²) in [4.78, 5) is 0. The Morgan fingerprint density at radius 1 is 0.818 bits per heavy atom. The van der Waals surface area contributed by atoms with E-state index in [4.69, 9.17) is 12.3 Å². The van der Waals surface area contributed by atoms with Gasteiger partial charge in [0, 0.05) is 0 Å². The first-order valence-corrected chi connectivity index (χ1v) is 8.06. The van der Waals surface area contributed by atoms with Crippen LogP contribution in [-0.4, -0.2) is 94.3 Å².